The molecule has 0 saturated carbocycles. The Morgan fingerprint density at radius 1 is 1.70 bits per heavy atom. The molecule has 0 aliphatic heterocycles. The molecule has 0 fully saturated rings. The molecule has 3 N–H and O–H groups in total. The lowest BCUT2D eigenvalue weighted by atomic mass is 9.91. The second kappa shape index (κ2) is 3.62. The van der Waals surface area contributed by atoms with Crippen molar-refractivity contribution in [3.63, 3.8) is 0 Å². The van der Waals surface area contributed by atoms with E-state index in [4.69, 9.17) is 10.8 Å². The average molecular weight is 141 g/mol. The fourth-order valence-corrected chi connectivity index (χ4v) is 1.37. The van der Waals surface area contributed by atoms with Crippen molar-refractivity contribution in [3.8, 4) is 0 Å². The maximum absolute atomic E-state index is 9.03. The molecule has 0 heterocycles. The standard InChI is InChI=1S/C8H15NO/c9-6-5-7-1-3-8(10)4-2-7/h3,7,10H,1-2,4-6,9H2. The summed E-state index contributed by atoms with van der Waals surface area (Å²) < 4.78 is 0. The highest BCUT2D eigenvalue weighted by Crippen LogP contribution is 2.23. The molecule has 10 heavy (non-hydrogen) atoms. The van der Waals surface area contributed by atoms with Crippen LogP contribution >= 0.6 is 0 Å². The third-order valence-corrected chi connectivity index (χ3v) is 2.07. The minimum Gasteiger partial charge on any atom is -0.513 e. The molecule has 58 valence electrons. The number of aliphatic hydroxyl groups is 1. The van der Waals surface area contributed by atoms with E-state index in [2.05, 4.69) is 0 Å². The van der Waals surface area contributed by atoms with Crippen molar-refractivity contribution in [1.29, 1.82) is 0 Å². The van der Waals surface area contributed by atoms with Crippen LogP contribution < -0.4 is 5.73 Å². The summed E-state index contributed by atoms with van der Waals surface area (Å²) in [6.07, 6.45) is 6.00. The SMILES string of the molecule is NCCC1CC=C(O)CC1. The van der Waals surface area contributed by atoms with Crippen molar-refractivity contribution in [1.82, 2.24) is 0 Å². The molecule has 0 bridgehead atoms. The van der Waals surface area contributed by atoms with Crippen LogP contribution in [0.1, 0.15) is 25.7 Å². The highest BCUT2D eigenvalue weighted by atomic mass is 16.3. The Bertz CT molecular complexity index is 131. The monoisotopic (exact) mass is 141 g/mol. The van der Waals surface area contributed by atoms with E-state index in [1.807, 2.05) is 6.08 Å². The fourth-order valence-electron chi connectivity index (χ4n) is 1.37. The van der Waals surface area contributed by atoms with Crippen LogP contribution in [0.3, 0.4) is 0 Å². The molecule has 1 unspecified atom stereocenters. The van der Waals surface area contributed by atoms with Gasteiger partial charge in [-0.05, 0) is 37.8 Å². The van der Waals surface area contributed by atoms with E-state index in [-0.39, 0.29) is 0 Å². The molecule has 1 aliphatic rings. The number of nitrogens with two attached hydrogens (primary N) is 1. The van der Waals surface area contributed by atoms with Gasteiger partial charge >= 0.3 is 0 Å². The molecule has 0 amide bonds. The normalized spacial score (nSPS) is 26.1. The topological polar surface area (TPSA) is 46.2 Å². The van der Waals surface area contributed by atoms with Gasteiger partial charge in [-0.15, -0.1) is 0 Å². The molecule has 1 rings (SSSR count). The molecule has 0 aromatic rings. The van der Waals surface area contributed by atoms with Crippen LogP contribution in [-0.2, 0) is 0 Å². The van der Waals surface area contributed by atoms with Gasteiger partial charge in [-0.25, -0.2) is 0 Å². The molecule has 0 saturated heterocycles. The van der Waals surface area contributed by atoms with Gasteiger partial charge in [0.15, 0.2) is 0 Å². The van der Waals surface area contributed by atoms with Crippen molar-refractivity contribution in [2.75, 3.05) is 6.54 Å². The van der Waals surface area contributed by atoms with E-state index in [9.17, 15) is 0 Å². The van der Waals surface area contributed by atoms with Crippen LogP contribution in [0.2, 0.25) is 0 Å². The van der Waals surface area contributed by atoms with Crippen LogP contribution in [-0.4, -0.2) is 11.7 Å². The van der Waals surface area contributed by atoms with Crippen molar-refractivity contribution >= 4 is 0 Å². The largest absolute Gasteiger partial charge is 0.513 e. The first kappa shape index (κ1) is 7.61. The summed E-state index contributed by atoms with van der Waals surface area (Å²) in [6.45, 7) is 0.777. The summed E-state index contributed by atoms with van der Waals surface area (Å²) in [7, 11) is 0. The Kier molecular flexibility index (Phi) is 2.75. The van der Waals surface area contributed by atoms with Gasteiger partial charge in [0, 0.05) is 6.42 Å². The zero-order valence-electron chi connectivity index (χ0n) is 6.21. The van der Waals surface area contributed by atoms with Gasteiger partial charge in [-0.2, -0.15) is 0 Å². The molecular weight excluding hydrogens is 126 g/mol. The molecule has 0 aromatic heterocycles. The van der Waals surface area contributed by atoms with Crippen molar-refractivity contribution < 1.29 is 5.11 Å². The third kappa shape index (κ3) is 2.03. The quantitative estimate of drug-likeness (QED) is 0.613. The minimum absolute atomic E-state index is 0.563. The van der Waals surface area contributed by atoms with Gasteiger partial charge in [0.2, 0.25) is 0 Å². The van der Waals surface area contributed by atoms with Gasteiger partial charge in [-0.1, -0.05) is 0 Å². The Balaban J connectivity index is 2.27. The molecule has 0 radical (unpaired) electrons. The summed E-state index contributed by atoms with van der Waals surface area (Å²) >= 11 is 0. The van der Waals surface area contributed by atoms with Gasteiger partial charge in [0.25, 0.3) is 0 Å². The molecule has 2 nitrogen and oxygen atoms in total. The Hall–Kier alpha value is -0.500. The van der Waals surface area contributed by atoms with Crippen LogP contribution in [0.25, 0.3) is 0 Å². The summed E-state index contributed by atoms with van der Waals surface area (Å²) in [5, 5.41) is 9.03. The van der Waals surface area contributed by atoms with Crippen molar-refractivity contribution in [2.24, 2.45) is 11.7 Å². The molecule has 1 atom stereocenters. The molecule has 0 aromatic carbocycles. The Labute approximate surface area is 61.7 Å². The zero-order chi connectivity index (χ0) is 7.40. The number of rotatable bonds is 2. The molecule has 1 aliphatic carbocycles. The van der Waals surface area contributed by atoms with E-state index in [0.717, 1.165) is 38.1 Å². The lowest BCUT2D eigenvalue weighted by Crippen LogP contribution is -2.11. The first-order chi connectivity index (χ1) is 4.83. The highest BCUT2D eigenvalue weighted by molar-refractivity contribution is 4.96. The van der Waals surface area contributed by atoms with Crippen molar-refractivity contribution in [3.05, 3.63) is 11.8 Å². The maximum Gasteiger partial charge on any atom is 0.0883 e. The first-order valence-corrected chi connectivity index (χ1v) is 3.91. The first-order valence-electron chi connectivity index (χ1n) is 3.91. The van der Waals surface area contributed by atoms with Gasteiger partial charge in [-0.3, -0.25) is 0 Å². The lowest BCUT2D eigenvalue weighted by molar-refractivity contribution is 0.329. The van der Waals surface area contributed by atoms with E-state index in [1.165, 1.54) is 0 Å². The predicted molar refractivity (Wildman–Crippen MR) is 41.7 cm³/mol. The summed E-state index contributed by atoms with van der Waals surface area (Å²) in [6, 6.07) is 0. The maximum atomic E-state index is 9.03. The number of hydrogen-bond donors (Lipinski definition) is 2. The van der Waals surface area contributed by atoms with E-state index >= 15 is 0 Å². The summed E-state index contributed by atoms with van der Waals surface area (Å²) in [5.41, 5.74) is 5.41. The highest BCUT2D eigenvalue weighted by Gasteiger charge is 2.12. The van der Waals surface area contributed by atoms with Gasteiger partial charge in [0.05, 0.1) is 5.76 Å². The predicted octanol–water partition coefficient (Wildman–Crippen LogP) is 1.58. The number of allylic oxidation sites excluding steroid dienone is 2. The second-order valence-electron chi connectivity index (χ2n) is 2.91. The third-order valence-electron chi connectivity index (χ3n) is 2.07. The van der Waals surface area contributed by atoms with Crippen LogP contribution in [0.5, 0.6) is 0 Å². The number of aliphatic hydroxyl groups excluding tert-OH is 1. The second-order valence-corrected chi connectivity index (χ2v) is 2.91. The Morgan fingerprint density at radius 2 is 2.50 bits per heavy atom. The van der Waals surface area contributed by atoms with E-state index < -0.39 is 0 Å². The van der Waals surface area contributed by atoms with Gasteiger partial charge < -0.3 is 10.8 Å². The summed E-state index contributed by atoms with van der Waals surface area (Å²) in [5.74, 6) is 1.29. The lowest BCUT2D eigenvalue weighted by Gasteiger charge is -2.17. The number of hydrogen-bond acceptors (Lipinski definition) is 2. The van der Waals surface area contributed by atoms with E-state index in [0.29, 0.717) is 5.76 Å². The van der Waals surface area contributed by atoms with Crippen LogP contribution in [0, 0.1) is 5.92 Å². The zero-order valence-corrected chi connectivity index (χ0v) is 6.21. The average Bonchev–Trinajstić information content (AvgIpc) is 1.95. The molecular formula is C8H15NO. The van der Waals surface area contributed by atoms with Crippen LogP contribution in [0.4, 0.5) is 0 Å². The molecule has 2 heteroatoms. The van der Waals surface area contributed by atoms with Gasteiger partial charge in [0.1, 0.15) is 0 Å². The van der Waals surface area contributed by atoms with Crippen LogP contribution in [0.15, 0.2) is 11.8 Å². The summed E-state index contributed by atoms with van der Waals surface area (Å²) in [4.78, 5) is 0. The van der Waals surface area contributed by atoms with E-state index in [1.54, 1.807) is 0 Å². The molecule has 0 spiro atoms. The van der Waals surface area contributed by atoms with Crippen molar-refractivity contribution in [2.45, 2.75) is 25.7 Å². The smallest absolute Gasteiger partial charge is 0.0883 e. The fraction of sp³-hybridized carbons (Fsp3) is 0.750. The Morgan fingerprint density at radius 3 is 3.00 bits per heavy atom. The minimum atomic E-state index is 0.563.